The quantitative estimate of drug-likeness (QED) is 0.898. The average molecular weight is 331 g/mol. The summed E-state index contributed by atoms with van der Waals surface area (Å²) in [5.74, 6) is -2.09. The van der Waals surface area contributed by atoms with Crippen molar-refractivity contribution in [1.29, 1.82) is 0 Å². The molecule has 126 valence electrons. The Hall–Kier alpha value is -2.70. The van der Waals surface area contributed by atoms with Gasteiger partial charge in [0, 0.05) is 19.2 Å². The number of benzene rings is 1. The maximum absolute atomic E-state index is 14.6. The molecule has 1 aliphatic carbocycles. The molecule has 7 heteroatoms. The highest BCUT2D eigenvalue weighted by molar-refractivity contribution is 6.03. The van der Waals surface area contributed by atoms with Crippen molar-refractivity contribution >= 4 is 11.9 Å². The normalized spacial score (nSPS) is 13.4. The first kappa shape index (κ1) is 16.2. The van der Waals surface area contributed by atoms with Gasteiger partial charge in [0.15, 0.2) is 0 Å². The number of hydrogen-bond acceptors (Lipinski definition) is 3. The number of carboxylic acid groups (broad SMARTS) is 1. The van der Waals surface area contributed by atoms with Gasteiger partial charge in [0.25, 0.3) is 5.91 Å². The summed E-state index contributed by atoms with van der Waals surface area (Å²) in [6, 6.07) is 3.59. The van der Waals surface area contributed by atoms with Crippen molar-refractivity contribution < 1.29 is 19.1 Å². The van der Waals surface area contributed by atoms with Crippen molar-refractivity contribution in [1.82, 2.24) is 15.1 Å². The Bertz CT molecular complexity index is 814. The fourth-order valence-corrected chi connectivity index (χ4v) is 3.09. The molecule has 1 amide bonds. The van der Waals surface area contributed by atoms with Crippen LogP contribution in [-0.4, -0.2) is 26.8 Å². The zero-order chi connectivity index (χ0) is 17.3. The predicted molar refractivity (Wildman–Crippen MR) is 84.4 cm³/mol. The Morgan fingerprint density at radius 2 is 2.08 bits per heavy atom. The van der Waals surface area contributed by atoms with Gasteiger partial charge in [-0.1, -0.05) is 12.1 Å². The summed E-state index contributed by atoms with van der Waals surface area (Å²) in [7, 11) is 1.49. The molecule has 2 N–H and O–H groups in total. The molecule has 0 fully saturated rings. The fourth-order valence-electron chi connectivity index (χ4n) is 3.09. The summed E-state index contributed by atoms with van der Waals surface area (Å²) < 4.78 is 15.8. The third-order valence-electron chi connectivity index (χ3n) is 4.37. The van der Waals surface area contributed by atoms with Gasteiger partial charge in [0.05, 0.1) is 6.20 Å². The number of fused-ring (bicyclic) bond motifs is 1. The number of aromatic nitrogens is 2. The molecule has 0 saturated carbocycles. The van der Waals surface area contributed by atoms with Crippen LogP contribution in [0.2, 0.25) is 0 Å². The second-order valence-corrected chi connectivity index (χ2v) is 5.90. The third kappa shape index (κ3) is 2.89. The zero-order valence-electron chi connectivity index (χ0n) is 13.3. The Morgan fingerprint density at radius 3 is 2.83 bits per heavy atom. The maximum atomic E-state index is 14.6. The highest BCUT2D eigenvalue weighted by Gasteiger charge is 2.22. The summed E-state index contributed by atoms with van der Waals surface area (Å²) in [6.45, 7) is 0.00217. The van der Waals surface area contributed by atoms with Crippen molar-refractivity contribution in [2.75, 3.05) is 0 Å². The van der Waals surface area contributed by atoms with Gasteiger partial charge in [-0.2, -0.15) is 5.10 Å². The van der Waals surface area contributed by atoms with Crippen LogP contribution in [0.15, 0.2) is 18.3 Å². The van der Waals surface area contributed by atoms with Crippen LogP contribution in [0.4, 0.5) is 4.39 Å². The largest absolute Gasteiger partial charge is 0.478 e. The van der Waals surface area contributed by atoms with Gasteiger partial charge in [0.1, 0.15) is 17.1 Å². The molecule has 0 unspecified atom stereocenters. The molecular formula is C17H18FN3O3. The number of halogens is 1. The van der Waals surface area contributed by atoms with E-state index in [9.17, 15) is 14.0 Å². The van der Waals surface area contributed by atoms with Crippen LogP contribution in [0.25, 0.3) is 0 Å². The molecule has 0 atom stereocenters. The molecule has 3 rings (SSSR count). The minimum absolute atomic E-state index is 0.00217. The molecule has 0 radical (unpaired) electrons. The van der Waals surface area contributed by atoms with Crippen LogP contribution in [0.5, 0.6) is 0 Å². The molecule has 0 aliphatic heterocycles. The first-order chi connectivity index (χ1) is 11.5. The van der Waals surface area contributed by atoms with Crippen LogP contribution in [0.1, 0.15) is 50.4 Å². The Kier molecular flexibility index (Phi) is 4.33. The molecule has 0 saturated heterocycles. The number of rotatable bonds is 4. The molecule has 6 nitrogen and oxygen atoms in total. The van der Waals surface area contributed by atoms with Crippen LogP contribution >= 0.6 is 0 Å². The minimum atomic E-state index is -1.23. The Morgan fingerprint density at radius 1 is 1.33 bits per heavy atom. The average Bonchev–Trinajstić information content (AvgIpc) is 2.96. The predicted octanol–water partition coefficient (Wildman–Crippen LogP) is 2.07. The number of nitrogens with one attached hydrogen (secondary N) is 1. The third-order valence-corrected chi connectivity index (χ3v) is 4.37. The van der Waals surface area contributed by atoms with Gasteiger partial charge in [0.2, 0.25) is 0 Å². The molecule has 24 heavy (non-hydrogen) atoms. The lowest BCUT2D eigenvalue weighted by Crippen LogP contribution is -2.27. The molecular weight excluding hydrogens is 313 g/mol. The van der Waals surface area contributed by atoms with Gasteiger partial charge in [-0.15, -0.1) is 0 Å². The van der Waals surface area contributed by atoms with E-state index in [1.165, 1.54) is 11.7 Å². The SMILES string of the molecule is Cn1ncc(C(=O)O)c1C(=O)NCc1ccc2c(c1F)CCCC2. The number of hydrogen-bond donors (Lipinski definition) is 2. The van der Waals surface area contributed by atoms with E-state index in [1.807, 2.05) is 6.07 Å². The van der Waals surface area contributed by atoms with Gasteiger partial charge >= 0.3 is 5.97 Å². The van der Waals surface area contributed by atoms with Crippen LogP contribution < -0.4 is 5.32 Å². The molecule has 2 aromatic rings. The second kappa shape index (κ2) is 6.43. The van der Waals surface area contributed by atoms with Crippen molar-refractivity contribution in [2.24, 2.45) is 7.05 Å². The summed E-state index contributed by atoms with van der Waals surface area (Å²) in [4.78, 5) is 23.4. The van der Waals surface area contributed by atoms with Crippen LogP contribution in [0, 0.1) is 5.82 Å². The van der Waals surface area contributed by atoms with Crippen molar-refractivity contribution in [3.63, 3.8) is 0 Å². The molecule has 1 aromatic heterocycles. The maximum Gasteiger partial charge on any atom is 0.339 e. The Labute approximate surface area is 138 Å². The van der Waals surface area contributed by atoms with Gasteiger partial charge in [-0.3, -0.25) is 9.48 Å². The van der Waals surface area contributed by atoms with E-state index >= 15 is 0 Å². The van der Waals surface area contributed by atoms with E-state index in [2.05, 4.69) is 10.4 Å². The lowest BCUT2D eigenvalue weighted by Gasteiger charge is -2.18. The summed E-state index contributed by atoms with van der Waals surface area (Å²) in [5, 5.41) is 15.5. The molecule has 0 bridgehead atoms. The standard InChI is InChI=1S/C17H18FN3O3/c1-21-15(13(9-20-21)17(23)24)16(22)19-8-11-7-6-10-4-2-3-5-12(10)14(11)18/h6-7,9H,2-5,8H2,1H3,(H,19,22)(H,23,24). The van der Waals surface area contributed by atoms with Crippen molar-refractivity contribution in [2.45, 2.75) is 32.2 Å². The first-order valence-electron chi connectivity index (χ1n) is 7.81. The monoisotopic (exact) mass is 331 g/mol. The minimum Gasteiger partial charge on any atom is -0.478 e. The number of amides is 1. The van der Waals surface area contributed by atoms with Crippen molar-refractivity contribution in [3.05, 3.63) is 52.1 Å². The number of nitrogens with zero attached hydrogens (tertiary/aromatic N) is 2. The lowest BCUT2D eigenvalue weighted by molar-refractivity contribution is 0.0690. The van der Waals surface area contributed by atoms with E-state index in [4.69, 9.17) is 5.11 Å². The first-order valence-corrected chi connectivity index (χ1v) is 7.81. The van der Waals surface area contributed by atoms with E-state index in [0.29, 0.717) is 12.0 Å². The van der Waals surface area contributed by atoms with Gasteiger partial charge < -0.3 is 10.4 Å². The van der Waals surface area contributed by atoms with Gasteiger partial charge in [-0.25, -0.2) is 9.18 Å². The number of aromatic carboxylic acids is 1. The highest BCUT2D eigenvalue weighted by atomic mass is 19.1. The zero-order valence-corrected chi connectivity index (χ0v) is 13.3. The molecule has 0 spiro atoms. The van der Waals surface area contributed by atoms with E-state index in [-0.39, 0.29) is 23.6 Å². The summed E-state index contributed by atoms with van der Waals surface area (Å²) in [5.41, 5.74) is 1.94. The number of carbonyl (C=O) groups is 2. The lowest BCUT2D eigenvalue weighted by atomic mass is 9.90. The highest BCUT2D eigenvalue weighted by Crippen LogP contribution is 2.26. The van der Waals surface area contributed by atoms with Crippen LogP contribution in [-0.2, 0) is 26.4 Å². The van der Waals surface area contributed by atoms with Gasteiger partial charge in [-0.05, 0) is 36.8 Å². The fraction of sp³-hybridized carbons (Fsp3) is 0.353. The smallest absolute Gasteiger partial charge is 0.339 e. The van der Waals surface area contributed by atoms with Crippen LogP contribution in [0.3, 0.4) is 0 Å². The second-order valence-electron chi connectivity index (χ2n) is 5.90. The number of aryl methyl sites for hydroxylation is 2. The van der Waals surface area contributed by atoms with Crippen molar-refractivity contribution in [3.8, 4) is 0 Å². The molecule has 1 heterocycles. The number of carbonyl (C=O) groups excluding carboxylic acids is 1. The summed E-state index contributed by atoms with van der Waals surface area (Å²) in [6.07, 6.45) is 4.76. The van der Waals surface area contributed by atoms with E-state index in [1.54, 1.807) is 6.07 Å². The van der Waals surface area contributed by atoms with E-state index in [0.717, 1.165) is 36.6 Å². The number of carboxylic acids is 1. The molecule has 1 aromatic carbocycles. The molecule has 1 aliphatic rings. The summed E-state index contributed by atoms with van der Waals surface area (Å²) >= 11 is 0. The van der Waals surface area contributed by atoms with E-state index < -0.39 is 11.9 Å². The topological polar surface area (TPSA) is 84.2 Å². The Balaban J connectivity index is 1.78.